The van der Waals surface area contributed by atoms with E-state index in [4.69, 9.17) is 4.74 Å². The van der Waals surface area contributed by atoms with Crippen LogP contribution >= 0.6 is 15.9 Å². The van der Waals surface area contributed by atoms with Gasteiger partial charge in [0.1, 0.15) is 5.75 Å². The van der Waals surface area contributed by atoms with Crippen LogP contribution in [0.5, 0.6) is 5.75 Å². The molecule has 1 nitrogen and oxygen atoms in total. The molecule has 0 spiro atoms. The number of ether oxygens (including phenoxy) is 1. The van der Waals surface area contributed by atoms with Crippen LogP contribution < -0.4 is 4.74 Å². The highest BCUT2D eigenvalue weighted by molar-refractivity contribution is 9.10. The zero-order chi connectivity index (χ0) is 11.6. The van der Waals surface area contributed by atoms with Crippen LogP contribution in [0.25, 0.3) is 0 Å². The van der Waals surface area contributed by atoms with Crippen LogP contribution in [0.3, 0.4) is 0 Å². The summed E-state index contributed by atoms with van der Waals surface area (Å²) in [5, 5.41) is 0. The molecule has 0 amide bonds. The summed E-state index contributed by atoms with van der Waals surface area (Å²) in [6.45, 7) is 3.37. The van der Waals surface area contributed by atoms with Crippen LogP contribution in [0.15, 0.2) is 22.7 Å². The second kappa shape index (κ2) is 4.43. The van der Waals surface area contributed by atoms with Crippen molar-refractivity contribution in [1.82, 2.24) is 0 Å². The van der Waals surface area contributed by atoms with Gasteiger partial charge in [-0.1, -0.05) is 15.9 Å². The number of alkyl halides is 3. The number of hydrogen-bond acceptors (Lipinski definition) is 1. The van der Waals surface area contributed by atoms with Crippen molar-refractivity contribution < 1.29 is 17.9 Å². The molecule has 0 unspecified atom stereocenters. The van der Waals surface area contributed by atoms with E-state index in [0.717, 1.165) is 6.07 Å². The van der Waals surface area contributed by atoms with Crippen molar-refractivity contribution in [2.75, 3.05) is 0 Å². The maximum atomic E-state index is 12.6. The van der Waals surface area contributed by atoms with Gasteiger partial charge in [0.25, 0.3) is 0 Å². The third kappa shape index (κ3) is 3.41. The fraction of sp³-hybridized carbons (Fsp3) is 0.400. The van der Waals surface area contributed by atoms with Crippen LogP contribution in [0.4, 0.5) is 13.2 Å². The second-order valence-corrected chi connectivity index (χ2v) is 4.22. The summed E-state index contributed by atoms with van der Waals surface area (Å²) in [7, 11) is 0. The van der Waals surface area contributed by atoms with E-state index in [-0.39, 0.29) is 11.9 Å². The average molecular weight is 283 g/mol. The lowest BCUT2D eigenvalue weighted by atomic mass is 10.2. The first-order valence-corrected chi connectivity index (χ1v) is 5.13. The predicted molar refractivity (Wildman–Crippen MR) is 54.9 cm³/mol. The van der Waals surface area contributed by atoms with Crippen LogP contribution in [0.1, 0.15) is 19.4 Å². The molecule has 0 atom stereocenters. The molecule has 84 valence electrons. The maximum Gasteiger partial charge on any atom is 0.420 e. The standard InChI is InChI=1S/C10H10BrF3O/c1-6(2)15-9-4-3-7(11)5-8(9)10(12,13)14/h3-6H,1-2H3. The van der Waals surface area contributed by atoms with Gasteiger partial charge < -0.3 is 4.74 Å². The Hall–Kier alpha value is -0.710. The van der Waals surface area contributed by atoms with Crippen LogP contribution in [0.2, 0.25) is 0 Å². The lowest BCUT2D eigenvalue weighted by molar-refractivity contribution is -0.139. The fourth-order valence-corrected chi connectivity index (χ4v) is 1.44. The molecule has 0 saturated heterocycles. The molecule has 5 heteroatoms. The Morgan fingerprint density at radius 1 is 1.27 bits per heavy atom. The highest BCUT2D eigenvalue weighted by Gasteiger charge is 2.34. The first-order chi connectivity index (χ1) is 6.80. The number of benzene rings is 1. The molecule has 0 aromatic heterocycles. The molecular formula is C10H10BrF3O. The molecule has 15 heavy (non-hydrogen) atoms. The summed E-state index contributed by atoms with van der Waals surface area (Å²) in [4.78, 5) is 0. The van der Waals surface area contributed by atoms with Gasteiger partial charge in [-0.05, 0) is 32.0 Å². The average Bonchev–Trinajstić information content (AvgIpc) is 2.05. The minimum Gasteiger partial charge on any atom is -0.490 e. The predicted octanol–water partition coefficient (Wildman–Crippen LogP) is 4.26. The Morgan fingerprint density at radius 3 is 2.33 bits per heavy atom. The van der Waals surface area contributed by atoms with E-state index in [0.29, 0.717) is 4.47 Å². The van der Waals surface area contributed by atoms with Crippen molar-refractivity contribution in [2.24, 2.45) is 0 Å². The third-order valence-corrected chi connectivity index (χ3v) is 2.10. The van der Waals surface area contributed by atoms with Gasteiger partial charge in [0, 0.05) is 4.47 Å². The van der Waals surface area contributed by atoms with Crippen molar-refractivity contribution in [3.8, 4) is 5.75 Å². The number of hydrogen-bond donors (Lipinski definition) is 0. The van der Waals surface area contributed by atoms with Crippen molar-refractivity contribution in [3.05, 3.63) is 28.2 Å². The van der Waals surface area contributed by atoms with E-state index >= 15 is 0 Å². The topological polar surface area (TPSA) is 9.23 Å². The summed E-state index contributed by atoms with van der Waals surface area (Å²) >= 11 is 3.00. The molecule has 0 N–H and O–H groups in total. The Morgan fingerprint density at radius 2 is 1.87 bits per heavy atom. The van der Waals surface area contributed by atoms with Gasteiger partial charge >= 0.3 is 6.18 Å². The molecule has 0 aliphatic carbocycles. The zero-order valence-electron chi connectivity index (χ0n) is 8.23. The Bertz CT molecular complexity index is 347. The van der Waals surface area contributed by atoms with E-state index in [2.05, 4.69) is 15.9 Å². The normalized spacial score (nSPS) is 11.9. The third-order valence-electron chi connectivity index (χ3n) is 1.61. The van der Waals surface area contributed by atoms with E-state index in [1.165, 1.54) is 12.1 Å². The van der Waals surface area contributed by atoms with E-state index in [9.17, 15) is 13.2 Å². The molecular weight excluding hydrogens is 273 g/mol. The molecule has 1 aromatic rings. The molecule has 0 aliphatic rings. The minimum atomic E-state index is -4.39. The molecule has 0 heterocycles. The van der Waals surface area contributed by atoms with Crippen LogP contribution in [0, 0.1) is 0 Å². The lowest BCUT2D eigenvalue weighted by Gasteiger charge is -2.16. The quantitative estimate of drug-likeness (QED) is 0.788. The summed E-state index contributed by atoms with van der Waals surface area (Å²) < 4.78 is 43.2. The first-order valence-electron chi connectivity index (χ1n) is 4.34. The molecule has 0 bridgehead atoms. The highest BCUT2D eigenvalue weighted by Crippen LogP contribution is 2.38. The van der Waals surface area contributed by atoms with Crippen molar-refractivity contribution in [3.63, 3.8) is 0 Å². The molecule has 1 rings (SSSR count). The molecule has 0 fully saturated rings. The second-order valence-electron chi connectivity index (χ2n) is 3.30. The van der Waals surface area contributed by atoms with Crippen molar-refractivity contribution >= 4 is 15.9 Å². The monoisotopic (exact) mass is 282 g/mol. The highest BCUT2D eigenvalue weighted by atomic mass is 79.9. The van der Waals surface area contributed by atoms with Crippen molar-refractivity contribution in [2.45, 2.75) is 26.1 Å². The Labute approximate surface area is 94.4 Å². The van der Waals surface area contributed by atoms with Crippen LogP contribution in [-0.2, 0) is 6.18 Å². The lowest BCUT2D eigenvalue weighted by Crippen LogP contribution is -2.12. The van der Waals surface area contributed by atoms with Gasteiger partial charge in [-0.25, -0.2) is 0 Å². The molecule has 1 aromatic carbocycles. The van der Waals surface area contributed by atoms with E-state index in [1.54, 1.807) is 13.8 Å². The van der Waals surface area contributed by atoms with E-state index < -0.39 is 11.7 Å². The SMILES string of the molecule is CC(C)Oc1ccc(Br)cc1C(F)(F)F. The number of halogens is 4. The number of rotatable bonds is 2. The summed E-state index contributed by atoms with van der Waals surface area (Å²) in [6, 6.07) is 3.84. The largest absolute Gasteiger partial charge is 0.490 e. The van der Waals surface area contributed by atoms with E-state index in [1.807, 2.05) is 0 Å². The van der Waals surface area contributed by atoms with Gasteiger partial charge in [0.2, 0.25) is 0 Å². The van der Waals surface area contributed by atoms with Gasteiger partial charge in [0.15, 0.2) is 0 Å². The van der Waals surface area contributed by atoms with Crippen molar-refractivity contribution in [1.29, 1.82) is 0 Å². The fourth-order valence-electron chi connectivity index (χ4n) is 1.08. The minimum absolute atomic E-state index is 0.138. The summed E-state index contributed by atoms with van der Waals surface area (Å²) in [6.07, 6.45) is -4.68. The molecule has 0 saturated carbocycles. The molecule has 0 aliphatic heterocycles. The van der Waals surface area contributed by atoms with Gasteiger partial charge in [-0.2, -0.15) is 13.2 Å². The summed E-state index contributed by atoms with van der Waals surface area (Å²) in [5.74, 6) is -0.138. The smallest absolute Gasteiger partial charge is 0.420 e. The summed E-state index contributed by atoms with van der Waals surface area (Å²) in [5.41, 5.74) is -0.759. The van der Waals surface area contributed by atoms with Gasteiger partial charge in [-0.15, -0.1) is 0 Å². The van der Waals surface area contributed by atoms with Gasteiger partial charge in [0.05, 0.1) is 11.7 Å². The Kier molecular flexibility index (Phi) is 3.65. The van der Waals surface area contributed by atoms with Gasteiger partial charge in [-0.3, -0.25) is 0 Å². The van der Waals surface area contributed by atoms with Crippen LogP contribution in [-0.4, -0.2) is 6.10 Å². The maximum absolute atomic E-state index is 12.6. The molecule has 0 radical (unpaired) electrons. The first kappa shape index (κ1) is 12.4. The zero-order valence-corrected chi connectivity index (χ0v) is 9.82. The Balaban J connectivity index is 3.15.